The lowest BCUT2D eigenvalue weighted by Gasteiger charge is -2.39. The Hall–Kier alpha value is -3.53. The van der Waals surface area contributed by atoms with Gasteiger partial charge in [0.05, 0.1) is 29.8 Å². The van der Waals surface area contributed by atoms with Gasteiger partial charge in [-0.05, 0) is 53.4 Å². The van der Waals surface area contributed by atoms with E-state index in [9.17, 15) is 9.18 Å². The molecule has 1 fully saturated rings. The van der Waals surface area contributed by atoms with E-state index >= 15 is 4.39 Å². The molecule has 0 bridgehead atoms. The SMILES string of the molecule is COc1cccc(-c2c(C)c(Cc3ccccc3F)c3n(c2=O)C(C(c2ccncc2)N2CCNCC2)CS3)c1F. The molecule has 6 rings (SSSR count). The number of benzene rings is 2. The van der Waals surface area contributed by atoms with Crippen molar-refractivity contribution in [3.05, 3.63) is 111 Å². The second-order valence-corrected chi connectivity index (χ2v) is 11.4. The lowest BCUT2D eigenvalue weighted by atomic mass is 9.93. The molecule has 41 heavy (non-hydrogen) atoms. The van der Waals surface area contributed by atoms with Crippen LogP contribution in [0, 0.1) is 18.6 Å². The number of pyridine rings is 2. The third-order valence-corrected chi connectivity index (χ3v) is 9.42. The van der Waals surface area contributed by atoms with Crippen LogP contribution in [0.3, 0.4) is 0 Å². The Morgan fingerprint density at radius 1 is 1.07 bits per heavy atom. The number of rotatable bonds is 7. The van der Waals surface area contributed by atoms with Gasteiger partial charge in [-0.1, -0.05) is 30.3 Å². The van der Waals surface area contributed by atoms with Gasteiger partial charge >= 0.3 is 0 Å². The molecule has 0 aliphatic carbocycles. The average molecular weight is 575 g/mol. The normalized spacial score (nSPS) is 17.8. The van der Waals surface area contributed by atoms with Crippen molar-refractivity contribution in [1.82, 2.24) is 19.8 Å². The smallest absolute Gasteiger partial charge is 0.260 e. The molecule has 2 unspecified atom stereocenters. The highest BCUT2D eigenvalue weighted by atomic mass is 32.2. The summed E-state index contributed by atoms with van der Waals surface area (Å²) >= 11 is 1.62. The number of ether oxygens (including phenoxy) is 1. The Labute approximate surface area is 242 Å². The van der Waals surface area contributed by atoms with Gasteiger partial charge in [0.25, 0.3) is 5.56 Å². The van der Waals surface area contributed by atoms with Crippen LogP contribution in [0.4, 0.5) is 8.78 Å². The van der Waals surface area contributed by atoms with Crippen molar-refractivity contribution in [1.29, 1.82) is 0 Å². The summed E-state index contributed by atoms with van der Waals surface area (Å²) in [6.07, 6.45) is 3.86. The van der Waals surface area contributed by atoms with Crippen LogP contribution in [0.5, 0.6) is 5.75 Å². The molecule has 4 aromatic rings. The predicted octanol–water partition coefficient (Wildman–Crippen LogP) is 5.39. The number of nitrogens with one attached hydrogen (secondary N) is 1. The fourth-order valence-corrected chi connectivity index (χ4v) is 7.59. The van der Waals surface area contributed by atoms with Crippen molar-refractivity contribution in [2.75, 3.05) is 39.0 Å². The van der Waals surface area contributed by atoms with Crippen molar-refractivity contribution in [2.24, 2.45) is 0 Å². The summed E-state index contributed by atoms with van der Waals surface area (Å²) in [5.74, 6) is -0.146. The predicted molar refractivity (Wildman–Crippen MR) is 158 cm³/mol. The molecule has 2 aliphatic heterocycles. The summed E-state index contributed by atoms with van der Waals surface area (Å²) < 4.78 is 37.8. The van der Waals surface area contributed by atoms with Gasteiger partial charge in [-0.2, -0.15) is 0 Å². The summed E-state index contributed by atoms with van der Waals surface area (Å²) in [4.78, 5) is 21.2. The third-order valence-electron chi connectivity index (χ3n) is 8.19. The number of thioether (sulfide) groups is 1. The number of nitrogens with zero attached hydrogens (tertiary/aromatic N) is 3. The second kappa shape index (κ2) is 11.8. The topological polar surface area (TPSA) is 59.4 Å². The number of hydrogen-bond donors (Lipinski definition) is 1. The Morgan fingerprint density at radius 3 is 2.56 bits per heavy atom. The van der Waals surface area contributed by atoms with Gasteiger partial charge in [0, 0.05) is 56.3 Å². The molecule has 0 saturated carbocycles. The van der Waals surface area contributed by atoms with Gasteiger partial charge in [-0.25, -0.2) is 8.78 Å². The fourth-order valence-electron chi connectivity index (χ4n) is 6.18. The number of halogens is 2. The van der Waals surface area contributed by atoms with Gasteiger partial charge < -0.3 is 10.1 Å². The minimum Gasteiger partial charge on any atom is -0.494 e. The average Bonchev–Trinajstić information content (AvgIpc) is 3.43. The summed E-state index contributed by atoms with van der Waals surface area (Å²) in [6.45, 7) is 5.23. The van der Waals surface area contributed by atoms with Gasteiger partial charge in [-0.3, -0.25) is 19.2 Å². The lowest BCUT2D eigenvalue weighted by molar-refractivity contribution is 0.132. The molecule has 0 spiro atoms. The van der Waals surface area contributed by atoms with Crippen molar-refractivity contribution < 1.29 is 13.5 Å². The largest absolute Gasteiger partial charge is 0.494 e. The first-order chi connectivity index (χ1) is 20.0. The Morgan fingerprint density at radius 2 is 1.83 bits per heavy atom. The Kier molecular flexibility index (Phi) is 7.92. The molecular weight excluding hydrogens is 542 g/mol. The van der Waals surface area contributed by atoms with E-state index in [0.29, 0.717) is 23.3 Å². The maximum atomic E-state index is 15.7. The lowest BCUT2D eigenvalue weighted by Crippen LogP contribution is -2.48. The van der Waals surface area contributed by atoms with E-state index in [2.05, 4.69) is 15.2 Å². The fraction of sp³-hybridized carbons (Fsp3) is 0.312. The van der Waals surface area contributed by atoms with Crippen LogP contribution in [0.2, 0.25) is 0 Å². The molecule has 2 aliphatic rings. The van der Waals surface area contributed by atoms with Crippen LogP contribution in [0.1, 0.15) is 34.3 Å². The molecule has 2 aromatic heterocycles. The summed E-state index contributed by atoms with van der Waals surface area (Å²) in [5.41, 5.74) is 3.35. The number of fused-ring (bicyclic) bond motifs is 1. The maximum absolute atomic E-state index is 15.7. The third kappa shape index (κ3) is 5.07. The molecule has 2 atom stereocenters. The van der Waals surface area contributed by atoms with E-state index in [1.165, 1.54) is 13.2 Å². The van der Waals surface area contributed by atoms with Gasteiger partial charge in [0.1, 0.15) is 5.82 Å². The molecule has 0 radical (unpaired) electrons. The monoisotopic (exact) mass is 574 g/mol. The highest BCUT2D eigenvalue weighted by Gasteiger charge is 2.39. The van der Waals surface area contributed by atoms with Crippen LogP contribution in [-0.2, 0) is 6.42 Å². The van der Waals surface area contributed by atoms with Crippen LogP contribution in [0.15, 0.2) is 76.8 Å². The number of methoxy groups -OCH3 is 1. The van der Waals surface area contributed by atoms with E-state index in [0.717, 1.165) is 42.3 Å². The Balaban J connectivity index is 1.59. The zero-order valence-electron chi connectivity index (χ0n) is 23.1. The number of aromatic nitrogens is 2. The van der Waals surface area contributed by atoms with Crippen LogP contribution >= 0.6 is 11.8 Å². The highest BCUT2D eigenvalue weighted by Crippen LogP contribution is 2.46. The second-order valence-electron chi connectivity index (χ2n) is 10.4. The molecular formula is C32H32F2N4O2S. The molecule has 1 saturated heterocycles. The van der Waals surface area contributed by atoms with Gasteiger partial charge in [-0.15, -0.1) is 11.8 Å². The molecule has 9 heteroatoms. The molecule has 6 nitrogen and oxygen atoms in total. The summed E-state index contributed by atoms with van der Waals surface area (Å²) in [7, 11) is 1.41. The van der Waals surface area contributed by atoms with E-state index < -0.39 is 5.82 Å². The molecule has 212 valence electrons. The van der Waals surface area contributed by atoms with Gasteiger partial charge in [0.15, 0.2) is 11.6 Å². The van der Waals surface area contributed by atoms with Crippen molar-refractivity contribution in [2.45, 2.75) is 30.5 Å². The zero-order chi connectivity index (χ0) is 28.5. The number of piperazine rings is 1. The standard InChI is InChI=1S/C32H32F2N4O2S/c1-20-24(18-22-6-3-4-8-25(22)33)32-38(31(39)28(20)23-7-5-9-27(40-2)29(23)34)26(19-41-32)30(21-10-12-35-13-11-21)37-16-14-36-15-17-37/h3-13,26,30,36H,14-19H2,1-2H3. The Bertz CT molecular complexity index is 1620. The van der Waals surface area contributed by atoms with Gasteiger partial charge in [0.2, 0.25) is 0 Å². The van der Waals surface area contributed by atoms with E-state index in [4.69, 9.17) is 4.74 Å². The molecule has 1 N–H and O–H groups in total. The van der Waals surface area contributed by atoms with E-state index in [1.54, 1.807) is 54.5 Å². The first kappa shape index (κ1) is 27.6. The maximum Gasteiger partial charge on any atom is 0.260 e. The zero-order valence-corrected chi connectivity index (χ0v) is 23.9. The van der Waals surface area contributed by atoms with Crippen LogP contribution in [-0.4, -0.2) is 53.5 Å². The van der Waals surface area contributed by atoms with E-state index in [1.807, 2.05) is 29.7 Å². The van der Waals surface area contributed by atoms with Crippen molar-refractivity contribution in [3.63, 3.8) is 0 Å². The highest BCUT2D eigenvalue weighted by molar-refractivity contribution is 7.99. The molecule has 2 aromatic carbocycles. The van der Waals surface area contributed by atoms with E-state index in [-0.39, 0.29) is 40.3 Å². The minimum atomic E-state index is -0.581. The number of hydrogen-bond acceptors (Lipinski definition) is 6. The van der Waals surface area contributed by atoms with Crippen molar-refractivity contribution >= 4 is 11.8 Å². The first-order valence-electron chi connectivity index (χ1n) is 13.8. The molecule has 4 heterocycles. The summed E-state index contributed by atoms with van der Waals surface area (Å²) in [5, 5.41) is 4.24. The quantitative estimate of drug-likeness (QED) is 0.320. The summed E-state index contributed by atoms with van der Waals surface area (Å²) in [6, 6.07) is 15.3. The van der Waals surface area contributed by atoms with Crippen LogP contribution < -0.4 is 15.6 Å². The van der Waals surface area contributed by atoms with Crippen LogP contribution in [0.25, 0.3) is 11.1 Å². The molecule has 0 amide bonds. The first-order valence-corrected chi connectivity index (χ1v) is 14.8. The van der Waals surface area contributed by atoms with Crippen molar-refractivity contribution in [3.8, 4) is 16.9 Å². The minimum absolute atomic E-state index is 0.0730.